The van der Waals surface area contributed by atoms with Crippen LogP contribution in [0.1, 0.15) is 19.2 Å². The van der Waals surface area contributed by atoms with Crippen LogP contribution in [0.4, 0.5) is 5.69 Å². The molecule has 100 valence electrons. The van der Waals surface area contributed by atoms with Crippen LogP contribution < -0.4 is 0 Å². The molecule has 1 aromatic heterocycles. The highest BCUT2D eigenvalue weighted by Gasteiger charge is 2.20. The Morgan fingerprint density at radius 1 is 1.37 bits per heavy atom. The van der Waals surface area contributed by atoms with Crippen LogP contribution >= 0.6 is 0 Å². The molecule has 0 bridgehead atoms. The summed E-state index contributed by atoms with van der Waals surface area (Å²) in [4.78, 5) is 10.6. The van der Waals surface area contributed by atoms with Gasteiger partial charge in [-0.15, -0.1) is 10.2 Å². The zero-order valence-electron chi connectivity index (χ0n) is 10.5. The highest BCUT2D eigenvalue weighted by atomic mass is 16.6. The number of benzene rings is 1. The molecule has 0 saturated heterocycles. The second-order valence-electron chi connectivity index (χ2n) is 4.02. The minimum Gasteiger partial charge on any atom is -0.388 e. The van der Waals surface area contributed by atoms with Gasteiger partial charge >= 0.3 is 0 Å². The Morgan fingerprint density at radius 3 is 2.74 bits per heavy atom. The van der Waals surface area contributed by atoms with Crippen molar-refractivity contribution in [2.24, 2.45) is 0 Å². The summed E-state index contributed by atoms with van der Waals surface area (Å²) in [6.45, 7) is 2.34. The van der Waals surface area contributed by atoms with Crippen molar-refractivity contribution in [3.05, 3.63) is 40.2 Å². The van der Waals surface area contributed by atoms with Crippen LogP contribution in [0.2, 0.25) is 0 Å². The first-order valence-corrected chi connectivity index (χ1v) is 5.95. The van der Waals surface area contributed by atoms with Gasteiger partial charge < -0.3 is 9.67 Å². The van der Waals surface area contributed by atoms with Gasteiger partial charge in [-0.2, -0.15) is 0 Å². The number of aliphatic hydroxyl groups excluding tert-OH is 1. The SMILES string of the molecule is CCCn1c(CO)nnc1-c1ccccc1[N+](=O)[O-]. The Balaban J connectivity index is 2.59. The smallest absolute Gasteiger partial charge is 0.280 e. The van der Waals surface area contributed by atoms with Crippen LogP contribution in [0, 0.1) is 10.1 Å². The Morgan fingerprint density at radius 2 is 2.11 bits per heavy atom. The molecule has 2 rings (SSSR count). The Labute approximate surface area is 109 Å². The molecular formula is C12H14N4O3. The van der Waals surface area contributed by atoms with Crippen LogP contribution in [0.3, 0.4) is 0 Å². The van der Waals surface area contributed by atoms with Crippen molar-refractivity contribution in [2.75, 3.05) is 0 Å². The van der Waals surface area contributed by atoms with Gasteiger partial charge in [0.1, 0.15) is 6.61 Å². The lowest BCUT2D eigenvalue weighted by atomic mass is 10.1. The number of hydrogen-bond acceptors (Lipinski definition) is 5. The summed E-state index contributed by atoms with van der Waals surface area (Å²) in [6, 6.07) is 6.38. The predicted octanol–water partition coefficient (Wildman–Crippen LogP) is 1.76. The fraction of sp³-hybridized carbons (Fsp3) is 0.333. The van der Waals surface area contributed by atoms with Crippen molar-refractivity contribution in [1.29, 1.82) is 0 Å². The molecule has 0 aliphatic heterocycles. The quantitative estimate of drug-likeness (QED) is 0.654. The average molecular weight is 262 g/mol. The number of rotatable bonds is 5. The fourth-order valence-corrected chi connectivity index (χ4v) is 1.93. The molecule has 0 fully saturated rings. The van der Waals surface area contributed by atoms with Gasteiger partial charge in [-0.25, -0.2) is 0 Å². The van der Waals surface area contributed by atoms with Crippen LogP contribution in [-0.2, 0) is 13.2 Å². The average Bonchev–Trinajstić information content (AvgIpc) is 2.82. The van der Waals surface area contributed by atoms with E-state index in [1.807, 2.05) is 6.92 Å². The maximum atomic E-state index is 11.0. The molecule has 7 heteroatoms. The van der Waals surface area contributed by atoms with Crippen LogP contribution in [0.15, 0.2) is 24.3 Å². The van der Waals surface area contributed by atoms with Crippen LogP contribution in [-0.4, -0.2) is 24.8 Å². The largest absolute Gasteiger partial charge is 0.388 e. The molecule has 0 spiro atoms. The summed E-state index contributed by atoms with van der Waals surface area (Å²) in [5.41, 5.74) is 0.393. The molecular weight excluding hydrogens is 248 g/mol. The normalized spacial score (nSPS) is 10.6. The lowest BCUT2D eigenvalue weighted by molar-refractivity contribution is -0.384. The van der Waals surface area contributed by atoms with E-state index in [1.165, 1.54) is 6.07 Å². The van der Waals surface area contributed by atoms with E-state index in [1.54, 1.807) is 22.8 Å². The second-order valence-corrected chi connectivity index (χ2v) is 4.02. The molecule has 1 N–H and O–H groups in total. The minimum absolute atomic E-state index is 0.0169. The number of hydrogen-bond donors (Lipinski definition) is 1. The molecule has 2 aromatic rings. The number of nitro benzene ring substituents is 1. The molecule has 0 saturated carbocycles. The number of nitro groups is 1. The molecule has 1 heterocycles. The van der Waals surface area contributed by atoms with Gasteiger partial charge in [0.25, 0.3) is 5.69 Å². The number of nitrogens with zero attached hydrogens (tertiary/aromatic N) is 4. The Bertz CT molecular complexity index is 594. The first kappa shape index (κ1) is 13.2. The molecule has 1 aromatic carbocycles. The van der Waals surface area contributed by atoms with Crippen molar-refractivity contribution in [2.45, 2.75) is 26.5 Å². The topological polar surface area (TPSA) is 94.1 Å². The number of aliphatic hydroxyl groups is 1. The second kappa shape index (κ2) is 5.57. The van der Waals surface area contributed by atoms with E-state index in [0.717, 1.165) is 6.42 Å². The Hall–Kier alpha value is -2.28. The fourth-order valence-electron chi connectivity index (χ4n) is 1.93. The summed E-state index contributed by atoms with van der Waals surface area (Å²) in [6.07, 6.45) is 0.818. The Kier molecular flexibility index (Phi) is 3.86. The molecule has 0 radical (unpaired) electrons. The third-order valence-electron chi connectivity index (χ3n) is 2.76. The van der Waals surface area contributed by atoms with E-state index in [0.29, 0.717) is 23.8 Å². The van der Waals surface area contributed by atoms with Crippen molar-refractivity contribution < 1.29 is 10.0 Å². The third kappa shape index (κ3) is 2.45. The zero-order valence-corrected chi connectivity index (χ0v) is 10.5. The molecule has 0 atom stereocenters. The van der Waals surface area contributed by atoms with Gasteiger partial charge in [-0.3, -0.25) is 10.1 Å². The van der Waals surface area contributed by atoms with Crippen LogP contribution in [0.5, 0.6) is 0 Å². The monoisotopic (exact) mass is 262 g/mol. The molecule has 7 nitrogen and oxygen atoms in total. The minimum atomic E-state index is -0.446. The van der Waals surface area contributed by atoms with Gasteiger partial charge in [-0.05, 0) is 12.5 Å². The lowest BCUT2D eigenvalue weighted by Crippen LogP contribution is -2.06. The predicted molar refractivity (Wildman–Crippen MR) is 68.3 cm³/mol. The zero-order chi connectivity index (χ0) is 13.8. The van der Waals surface area contributed by atoms with Crippen LogP contribution in [0.25, 0.3) is 11.4 Å². The molecule has 0 aliphatic rings. The highest BCUT2D eigenvalue weighted by molar-refractivity contribution is 5.68. The van der Waals surface area contributed by atoms with Gasteiger partial charge in [0.05, 0.1) is 10.5 Å². The summed E-state index contributed by atoms with van der Waals surface area (Å²) in [5, 5.41) is 28.1. The third-order valence-corrected chi connectivity index (χ3v) is 2.76. The van der Waals surface area contributed by atoms with E-state index in [4.69, 9.17) is 0 Å². The lowest BCUT2D eigenvalue weighted by Gasteiger charge is -2.07. The van der Waals surface area contributed by atoms with Crippen molar-refractivity contribution in [3.8, 4) is 11.4 Å². The van der Waals surface area contributed by atoms with Gasteiger partial charge in [0.2, 0.25) is 0 Å². The van der Waals surface area contributed by atoms with Crippen molar-refractivity contribution in [1.82, 2.24) is 14.8 Å². The molecule has 0 unspecified atom stereocenters. The summed E-state index contributed by atoms with van der Waals surface area (Å²) < 4.78 is 1.71. The van der Waals surface area contributed by atoms with Crippen molar-refractivity contribution in [3.63, 3.8) is 0 Å². The standard InChI is InChI=1S/C12H14N4O3/c1-2-7-15-11(8-17)13-14-12(15)9-5-3-4-6-10(9)16(18)19/h3-6,17H,2,7-8H2,1H3. The van der Waals surface area contributed by atoms with Gasteiger partial charge in [0.15, 0.2) is 11.6 Å². The summed E-state index contributed by atoms with van der Waals surface area (Å²) in [7, 11) is 0. The summed E-state index contributed by atoms with van der Waals surface area (Å²) in [5.74, 6) is 0.827. The van der Waals surface area contributed by atoms with E-state index in [2.05, 4.69) is 10.2 Å². The van der Waals surface area contributed by atoms with E-state index >= 15 is 0 Å². The first-order valence-electron chi connectivity index (χ1n) is 5.95. The van der Waals surface area contributed by atoms with Gasteiger partial charge in [-0.1, -0.05) is 19.1 Å². The maximum absolute atomic E-state index is 11.0. The number of aromatic nitrogens is 3. The molecule has 0 amide bonds. The number of para-hydroxylation sites is 1. The van der Waals surface area contributed by atoms with E-state index < -0.39 is 4.92 Å². The highest BCUT2D eigenvalue weighted by Crippen LogP contribution is 2.28. The first-order chi connectivity index (χ1) is 9.19. The van der Waals surface area contributed by atoms with E-state index in [-0.39, 0.29) is 12.3 Å². The maximum Gasteiger partial charge on any atom is 0.280 e. The van der Waals surface area contributed by atoms with Gasteiger partial charge in [0, 0.05) is 12.6 Å². The summed E-state index contributed by atoms with van der Waals surface area (Å²) >= 11 is 0. The van der Waals surface area contributed by atoms with Crippen molar-refractivity contribution >= 4 is 5.69 Å². The molecule has 0 aliphatic carbocycles. The molecule has 19 heavy (non-hydrogen) atoms. The van der Waals surface area contributed by atoms with E-state index in [9.17, 15) is 15.2 Å².